The third kappa shape index (κ3) is 54.0. The fourth-order valence-electron chi connectivity index (χ4n) is 8.97. The molecule has 0 bridgehead atoms. The Kier molecular flexibility index (Phi) is 52.5. The monoisotopic (exact) mass is 1180 g/mol. The SMILES string of the molecule is CCCCCCCCCCCC(=O)O[C@H](COC(=O)CCCCCCCCC)COP(=O)(O)OC[C@H](O)COP(=O)(O)OC[C@@H](COC(=O)CCCCCCCCCC(C)C)OC(=O)CCCCCCCCCCCCC(C)CC. The fraction of sp³-hybridized carbons (Fsp3) is 0.934. The molecule has 0 aliphatic rings. The highest BCUT2D eigenvalue weighted by Crippen LogP contribution is 2.45. The fourth-order valence-corrected chi connectivity index (χ4v) is 10.5. The Balaban J connectivity index is 5.21. The molecule has 0 aromatic rings. The van der Waals surface area contributed by atoms with Gasteiger partial charge in [0.25, 0.3) is 0 Å². The van der Waals surface area contributed by atoms with Crippen LogP contribution in [-0.4, -0.2) is 96.7 Å². The summed E-state index contributed by atoms with van der Waals surface area (Å²) in [7, 11) is -9.87. The number of ether oxygens (including phenoxy) is 4. The van der Waals surface area contributed by atoms with Crippen molar-refractivity contribution in [2.75, 3.05) is 39.6 Å². The molecular formula is C61H118O17P2. The second-order valence-corrected chi connectivity index (χ2v) is 25.7. The van der Waals surface area contributed by atoms with Gasteiger partial charge < -0.3 is 33.8 Å². The smallest absolute Gasteiger partial charge is 0.462 e. The Bertz CT molecular complexity index is 1580. The van der Waals surface area contributed by atoms with E-state index in [4.69, 9.17) is 37.0 Å². The molecule has 0 radical (unpaired) electrons. The molecule has 17 nitrogen and oxygen atoms in total. The number of rotatable bonds is 60. The maximum atomic E-state index is 12.9. The maximum absolute atomic E-state index is 12.9. The minimum atomic E-state index is -4.94. The van der Waals surface area contributed by atoms with E-state index in [2.05, 4.69) is 41.5 Å². The van der Waals surface area contributed by atoms with E-state index in [1.165, 1.54) is 96.3 Å². The van der Waals surface area contributed by atoms with Crippen molar-refractivity contribution >= 4 is 39.5 Å². The molecule has 0 amide bonds. The van der Waals surface area contributed by atoms with Gasteiger partial charge in [-0.05, 0) is 37.5 Å². The highest BCUT2D eigenvalue weighted by molar-refractivity contribution is 7.47. The topological polar surface area (TPSA) is 237 Å². The van der Waals surface area contributed by atoms with Crippen molar-refractivity contribution in [3.63, 3.8) is 0 Å². The molecule has 6 atom stereocenters. The summed E-state index contributed by atoms with van der Waals surface area (Å²) in [5.41, 5.74) is 0. The van der Waals surface area contributed by atoms with Gasteiger partial charge >= 0.3 is 39.5 Å². The van der Waals surface area contributed by atoms with E-state index in [-0.39, 0.29) is 25.7 Å². The van der Waals surface area contributed by atoms with Crippen LogP contribution in [0.2, 0.25) is 0 Å². The molecular weight excluding hydrogens is 1070 g/mol. The van der Waals surface area contributed by atoms with Crippen LogP contribution < -0.4 is 0 Å². The molecule has 0 heterocycles. The molecule has 0 aromatic carbocycles. The summed E-state index contributed by atoms with van der Waals surface area (Å²) in [5, 5.41) is 10.5. The zero-order valence-corrected chi connectivity index (χ0v) is 53.2. The molecule has 0 rings (SSSR count). The summed E-state index contributed by atoms with van der Waals surface area (Å²) in [6, 6.07) is 0. The van der Waals surface area contributed by atoms with E-state index in [0.29, 0.717) is 31.6 Å². The van der Waals surface area contributed by atoms with Crippen LogP contribution in [0.1, 0.15) is 298 Å². The Hall–Kier alpha value is -1.94. The third-order valence-electron chi connectivity index (χ3n) is 14.3. The van der Waals surface area contributed by atoms with E-state index in [9.17, 15) is 43.2 Å². The number of aliphatic hydroxyl groups excluding tert-OH is 1. The van der Waals surface area contributed by atoms with Crippen molar-refractivity contribution in [3.8, 4) is 0 Å². The molecule has 0 aromatic heterocycles. The van der Waals surface area contributed by atoms with Crippen molar-refractivity contribution in [2.45, 2.75) is 317 Å². The normalized spacial score (nSPS) is 14.7. The number of hydrogen-bond acceptors (Lipinski definition) is 15. The number of aliphatic hydroxyl groups is 1. The van der Waals surface area contributed by atoms with E-state index in [1.54, 1.807) is 0 Å². The van der Waals surface area contributed by atoms with E-state index in [1.807, 2.05) is 0 Å². The third-order valence-corrected chi connectivity index (χ3v) is 16.2. The molecule has 0 fully saturated rings. The number of phosphoric acid groups is 2. The quantitative estimate of drug-likeness (QED) is 0.0222. The lowest BCUT2D eigenvalue weighted by atomic mass is 9.99. The van der Waals surface area contributed by atoms with Gasteiger partial charge in [0.15, 0.2) is 12.2 Å². The van der Waals surface area contributed by atoms with Crippen molar-refractivity contribution in [2.24, 2.45) is 11.8 Å². The maximum Gasteiger partial charge on any atom is 0.472 e. The van der Waals surface area contributed by atoms with E-state index >= 15 is 0 Å². The van der Waals surface area contributed by atoms with Crippen LogP contribution in [0.4, 0.5) is 0 Å². The predicted molar refractivity (Wildman–Crippen MR) is 317 cm³/mol. The van der Waals surface area contributed by atoms with E-state index < -0.39 is 97.5 Å². The lowest BCUT2D eigenvalue weighted by molar-refractivity contribution is -0.161. The number of hydrogen-bond donors (Lipinski definition) is 3. The van der Waals surface area contributed by atoms with Crippen molar-refractivity contribution in [1.29, 1.82) is 0 Å². The molecule has 3 unspecified atom stereocenters. The highest BCUT2D eigenvalue weighted by atomic mass is 31.2. The second kappa shape index (κ2) is 53.8. The molecule has 0 aliphatic heterocycles. The number of unbranched alkanes of at least 4 members (excludes halogenated alkanes) is 29. The zero-order valence-electron chi connectivity index (χ0n) is 51.4. The molecule has 0 saturated heterocycles. The minimum absolute atomic E-state index is 0.105. The Morgan fingerprint density at radius 1 is 0.362 bits per heavy atom. The first kappa shape index (κ1) is 78.1. The first-order valence-electron chi connectivity index (χ1n) is 32.0. The van der Waals surface area contributed by atoms with Gasteiger partial charge in [0.05, 0.1) is 26.4 Å². The lowest BCUT2D eigenvalue weighted by Crippen LogP contribution is -2.30. The van der Waals surface area contributed by atoms with E-state index in [0.717, 1.165) is 115 Å². The molecule has 80 heavy (non-hydrogen) atoms. The molecule has 0 saturated carbocycles. The van der Waals surface area contributed by atoms with Crippen LogP contribution in [0.15, 0.2) is 0 Å². The first-order valence-corrected chi connectivity index (χ1v) is 35.0. The summed E-state index contributed by atoms with van der Waals surface area (Å²) < 4.78 is 67.7. The average molecular weight is 1190 g/mol. The van der Waals surface area contributed by atoms with Crippen LogP contribution >= 0.6 is 15.6 Å². The molecule has 19 heteroatoms. The van der Waals surface area contributed by atoms with Crippen molar-refractivity contribution < 1.29 is 80.2 Å². The lowest BCUT2D eigenvalue weighted by Gasteiger charge is -2.21. The van der Waals surface area contributed by atoms with Gasteiger partial charge in [-0.2, -0.15) is 0 Å². The zero-order chi connectivity index (χ0) is 59.4. The van der Waals surface area contributed by atoms with Crippen LogP contribution in [-0.2, 0) is 65.4 Å². The Labute approximate surface area is 486 Å². The predicted octanol–water partition coefficient (Wildman–Crippen LogP) is 16.5. The van der Waals surface area contributed by atoms with Crippen LogP contribution in [0.3, 0.4) is 0 Å². The molecule has 0 spiro atoms. The number of carbonyl (C=O) groups is 4. The van der Waals surface area contributed by atoms with Gasteiger partial charge in [-0.3, -0.25) is 37.3 Å². The summed E-state index contributed by atoms with van der Waals surface area (Å²) in [4.78, 5) is 71.9. The Morgan fingerprint density at radius 2 is 0.637 bits per heavy atom. The van der Waals surface area contributed by atoms with Crippen molar-refractivity contribution in [3.05, 3.63) is 0 Å². The molecule has 3 N–H and O–H groups in total. The highest BCUT2D eigenvalue weighted by Gasteiger charge is 2.30. The number of esters is 4. The van der Waals surface area contributed by atoms with Crippen LogP contribution in [0.5, 0.6) is 0 Å². The number of carbonyl (C=O) groups excluding carboxylic acids is 4. The first-order chi connectivity index (χ1) is 38.4. The molecule has 0 aliphatic carbocycles. The standard InChI is InChI=1S/C61H118O17P2/c1-7-10-12-14-16-19-26-33-39-45-60(65)77-56(49-71-58(63)43-37-31-23-15-13-11-8-2)51-75-79(67,68)73-47-55(62)48-74-80(69,70)76-52-57(50-72-59(64)44-38-32-28-22-24-29-35-41-53(4)5)78-61(66)46-40-34-27-21-18-17-20-25-30-36-42-54(6)9-3/h53-57,62H,7-52H2,1-6H3,(H,67,68)(H,69,70)/t54?,55-,56+,57+/m0/s1. The molecule has 474 valence electrons. The van der Waals surface area contributed by atoms with Crippen molar-refractivity contribution in [1.82, 2.24) is 0 Å². The minimum Gasteiger partial charge on any atom is -0.462 e. The van der Waals surface area contributed by atoms with Gasteiger partial charge in [0, 0.05) is 25.7 Å². The number of phosphoric ester groups is 2. The summed E-state index contributed by atoms with van der Waals surface area (Å²) >= 11 is 0. The van der Waals surface area contributed by atoms with Gasteiger partial charge in [-0.25, -0.2) is 9.13 Å². The Morgan fingerprint density at radius 3 is 0.950 bits per heavy atom. The van der Waals surface area contributed by atoms with Gasteiger partial charge in [0.2, 0.25) is 0 Å². The van der Waals surface area contributed by atoms with Crippen LogP contribution in [0, 0.1) is 11.8 Å². The van der Waals surface area contributed by atoms with Gasteiger partial charge in [0.1, 0.15) is 19.3 Å². The second-order valence-electron chi connectivity index (χ2n) is 22.8. The van der Waals surface area contributed by atoms with Crippen LogP contribution in [0.25, 0.3) is 0 Å². The summed E-state index contributed by atoms with van der Waals surface area (Å²) in [6.45, 7) is 9.38. The van der Waals surface area contributed by atoms with Gasteiger partial charge in [-0.15, -0.1) is 0 Å². The summed E-state index contributed by atoms with van der Waals surface area (Å²) in [5.74, 6) is -0.636. The average Bonchev–Trinajstić information content (AvgIpc) is 3.42. The summed E-state index contributed by atoms with van der Waals surface area (Å²) in [6.07, 6.45) is 34.9. The largest absolute Gasteiger partial charge is 0.472 e. The van der Waals surface area contributed by atoms with Gasteiger partial charge in [-0.1, -0.05) is 247 Å².